The lowest BCUT2D eigenvalue weighted by molar-refractivity contribution is 0.0990. The standard InChI is InChI=1S/C14H14FNO3/c1-18-14-5-4-10(7-12(14)15)13(17)9-16-8-11-3-2-6-19-11/h2-7,16H,8-9H2,1H3. The number of furan rings is 1. The number of ether oxygens (including phenoxy) is 1. The van der Waals surface area contributed by atoms with Crippen LogP contribution in [0.4, 0.5) is 4.39 Å². The summed E-state index contributed by atoms with van der Waals surface area (Å²) in [6.45, 7) is 0.573. The molecule has 100 valence electrons. The van der Waals surface area contributed by atoms with Gasteiger partial charge in [0.1, 0.15) is 5.76 Å². The molecule has 0 saturated heterocycles. The highest BCUT2D eigenvalue weighted by Gasteiger charge is 2.10. The number of halogens is 1. The van der Waals surface area contributed by atoms with Crippen LogP contribution in [-0.4, -0.2) is 19.4 Å². The summed E-state index contributed by atoms with van der Waals surface area (Å²) < 4.78 is 23.4. The highest BCUT2D eigenvalue weighted by molar-refractivity contribution is 5.97. The Kier molecular flexibility index (Phi) is 4.30. The third kappa shape index (κ3) is 3.42. The van der Waals surface area contributed by atoms with Gasteiger partial charge in [0.2, 0.25) is 0 Å². The van der Waals surface area contributed by atoms with Gasteiger partial charge in [0.05, 0.1) is 26.5 Å². The topological polar surface area (TPSA) is 51.5 Å². The molecule has 19 heavy (non-hydrogen) atoms. The van der Waals surface area contributed by atoms with E-state index in [0.717, 1.165) is 5.76 Å². The molecule has 1 heterocycles. The van der Waals surface area contributed by atoms with E-state index in [4.69, 9.17) is 9.15 Å². The zero-order chi connectivity index (χ0) is 13.7. The first kappa shape index (κ1) is 13.3. The molecule has 4 nitrogen and oxygen atoms in total. The number of carbonyl (C=O) groups excluding carboxylic acids is 1. The zero-order valence-corrected chi connectivity index (χ0v) is 10.5. The Morgan fingerprint density at radius 1 is 1.42 bits per heavy atom. The van der Waals surface area contributed by atoms with Gasteiger partial charge < -0.3 is 14.5 Å². The van der Waals surface area contributed by atoms with Gasteiger partial charge in [0.15, 0.2) is 17.3 Å². The number of Topliss-reactive ketones (excluding diaryl/α,β-unsaturated/α-hetero) is 1. The van der Waals surface area contributed by atoms with Crippen LogP contribution in [0.5, 0.6) is 5.75 Å². The fourth-order valence-corrected chi connectivity index (χ4v) is 1.65. The van der Waals surface area contributed by atoms with E-state index in [-0.39, 0.29) is 18.1 Å². The van der Waals surface area contributed by atoms with Crippen molar-refractivity contribution in [2.24, 2.45) is 0 Å². The fraction of sp³-hybridized carbons (Fsp3) is 0.214. The predicted molar refractivity (Wildman–Crippen MR) is 67.7 cm³/mol. The number of methoxy groups -OCH3 is 1. The molecule has 2 rings (SSSR count). The largest absolute Gasteiger partial charge is 0.494 e. The van der Waals surface area contributed by atoms with Crippen LogP contribution in [-0.2, 0) is 6.54 Å². The smallest absolute Gasteiger partial charge is 0.176 e. The summed E-state index contributed by atoms with van der Waals surface area (Å²) in [5, 5.41) is 2.94. The highest BCUT2D eigenvalue weighted by atomic mass is 19.1. The Bertz CT molecular complexity index is 552. The first-order valence-electron chi connectivity index (χ1n) is 5.80. The molecule has 0 saturated carbocycles. The Morgan fingerprint density at radius 3 is 2.89 bits per heavy atom. The Hall–Kier alpha value is -2.14. The second kappa shape index (κ2) is 6.15. The predicted octanol–water partition coefficient (Wildman–Crippen LogP) is 2.40. The van der Waals surface area contributed by atoms with Crippen molar-refractivity contribution in [3.05, 3.63) is 53.7 Å². The molecule has 0 aliphatic rings. The molecule has 1 aromatic heterocycles. The summed E-state index contributed by atoms with van der Waals surface area (Å²) in [4.78, 5) is 11.8. The SMILES string of the molecule is COc1ccc(C(=O)CNCc2ccco2)cc1F. The number of nitrogens with one attached hydrogen (secondary N) is 1. The highest BCUT2D eigenvalue weighted by Crippen LogP contribution is 2.17. The maximum Gasteiger partial charge on any atom is 0.176 e. The molecular weight excluding hydrogens is 249 g/mol. The molecule has 0 aliphatic heterocycles. The molecule has 2 aromatic rings. The van der Waals surface area contributed by atoms with E-state index in [1.165, 1.54) is 19.2 Å². The lowest BCUT2D eigenvalue weighted by Gasteiger charge is -2.05. The van der Waals surface area contributed by atoms with Gasteiger partial charge in [-0.2, -0.15) is 0 Å². The van der Waals surface area contributed by atoms with Crippen LogP contribution in [0.1, 0.15) is 16.1 Å². The van der Waals surface area contributed by atoms with Gasteiger partial charge in [0, 0.05) is 5.56 Å². The average molecular weight is 263 g/mol. The first-order chi connectivity index (χ1) is 9.20. The van der Waals surface area contributed by atoms with Crippen LogP contribution in [0.3, 0.4) is 0 Å². The number of benzene rings is 1. The van der Waals surface area contributed by atoms with E-state index in [0.29, 0.717) is 12.1 Å². The minimum Gasteiger partial charge on any atom is -0.494 e. The van der Waals surface area contributed by atoms with Crippen molar-refractivity contribution >= 4 is 5.78 Å². The zero-order valence-electron chi connectivity index (χ0n) is 10.5. The normalized spacial score (nSPS) is 10.4. The molecule has 0 radical (unpaired) electrons. The molecule has 1 aromatic carbocycles. The summed E-state index contributed by atoms with van der Waals surface area (Å²) in [6.07, 6.45) is 1.57. The van der Waals surface area contributed by atoms with Crippen molar-refractivity contribution < 1.29 is 18.3 Å². The molecule has 0 bridgehead atoms. The number of carbonyl (C=O) groups is 1. The van der Waals surface area contributed by atoms with Crippen molar-refractivity contribution in [2.75, 3.05) is 13.7 Å². The van der Waals surface area contributed by atoms with Crippen molar-refractivity contribution in [1.29, 1.82) is 0 Å². The minimum absolute atomic E-state index is 0.118. The van der Waals surface area contributed by atoms with E-state index >= 15 is 0 Å². The molecule has 0 fully saturated rings. The van der Waals surface area contributed by atoms with Gasteiger partial charge in [0.25, 0.3) is 0 Å². The quantitative estimate of drug-likeness (QED) is 0.813. The van der Waals surface area contributed by atoms with Gasteiger partial charge in [-0.05, 0) is 30.3 Å². The summed E-state index contributed by atoms with van der Waals surface area (Å²) in [5.74, 6) is 0.140. The number of hydrogen-bond acceptors (Lipinski definition) is 4. The lowest BCUT2D eigenvalue weighted by Crippen LogP contribution is -2.22. The Labute approximate surface area is 110 Å². The number of ketones is 1. The van der Waals surface area contributed by atoms with Gasteiger partial charge >= 0.3 is 0 Å². The van der Waals surface area contributed by atoms with Gasteiger partial charge in [-0.15, -0.1) is 0 Å². The average Bonchev–Trinajstić information content (AvgIpc) is 2.91. The van der Waals surface area contributed by atoms with Crippen molar-refractivity contribution in [1.82, 2.24) is 5.32 Å². The van der Waals surface area contributed by atoms with Crippen LogP contribution in [0.2, 0.25) is 0 Å². The third-order valence-electron chi connectivity index (χ3n) is 2.64. The summed E-state index contributed by atoms with van der Waals surface area (Å²) in [7, 11) is 1.38. The molecule has 0 amide bonds. The summed E-state index contributed by atoms with van der Waals surface area (Å²) in [6, 6.07) is 7.74. The van der Waals surface area contributed by atoms with E-state index in [1.807, 2.05) is 6.07 Å². The first-order valence-corrected chi connectivity index (χ1v) is 5.80. The van der Waals surface area contributed by atoms with E-state index in [1.54, 1.807) is 18.4 Å². The monoisotopic (exact) mass is 263 g/mol. The number of rotatable bonds is 6. The van der Waals surface area contributed by atoms with Crippen LogP contribution in [0.25, 0.3) is 0 Å². The van der Waals surface area contributed by atoms with Gasteiger partial charge in [-0.3, -0.25) is 4.79 Å². The second-order valence-corrected chi connectivity index (χ2v) is 3.96. The van der Waals surface area contributed by atoms with Crippen LogP contribution >= 0.6 is 0 Å². The fourth-order valence-electron chi connectivity index (χ4n) is 1.65. The van der Waals surface area contributed by atoms with Crippen molar-refractivity contribution in [3.63, 3.8) is 0 Å². The second-order valence-electron chi connectivity index (χ2n) is 3.96. The van der Waals surface area contributed by atoms with Crippen LogP contribution in [0.15, 0.2) is 41.0 Å². The number of hydrogen-bond donors (Lipinski definition) is 1. The van der Waals surface area contributed by atoms with Gasteiger partial charge in [-0.1, -0.05) is 0 Å². The van der Waals surface area contributed by atoms with Crippen LogP contribution in [0, 0.1) is 5.82 Å². The Balaban J connectivity index is 1.91. The molecular formula is C14H14FNO3. The van der Waals surface area contributed by atoms with Crippen molar-refractivity contribution in [3.8, 4) is 5.75 Å². The molecule has 0 spiro atoms. The summed E-state index contributed by atoms with van der Waals surface area (Å²) >= 11 is 0. The van der Waals surface area contributed by atoms with E-state index < -0.39 is 5.82 Å². The Morgan fingerprint density at radius 2 is 2.26 bits per heavy atom. The molecule has 0 atom stereocenters. The van der Waals surface area contributed by atoms with Crippen LogP contribution < -0.4 is 10.1 Å². The lowest BCUT2D eigenvalue weighted by atomic mass is 10.1. The third-order valence-corrected chi connectivity index (χ3v) is 2.64. The molecule has 1 N–H and O–H groups in total. The summed E-state index contributed by atoms with van der Waals surface area (Å²) in [5.41, 5.74) is 0.310. The van der Waals surface area contributed by atoms with E-state index in [9.17, 15) is 9.18 Å². The maximum absolute atomic E-state index is 13.4. The maximum atomic E-state index is 13.4. The minimum atomic E-state index is -0.542. The molecule has 0 aliphatic carbocycles. The van der Waals surface area contributed by atoms with E-state index in [2.05, 4.69) is 5.32 Å². The van der Waals surface area contributed by atoms with Crippen molar-refractivity contribution in [2.45, 2.75) is 6.54 Å². The van der Waals surface area contributed by atoms with Gasteiger partial charge in [-0.25, -0.2) is 4.39 Å². The molecule has 5 heteroatoms. The molecule has 0 unspecified atom stereocenters.